The minimum atomic E-state index is -3.59. The lowest BCUT2D eigenvalue weighted by molar-refractivity contribution is 0.0730. The van der Waals surface area contributed by atoms with E-state index in [0.29, 0.717) is 43.8 Å². The maximum atomic E-state index is 13.1. The average Bonchev–Trinajstić information content (AvgIpc) is 2.82. The SMILES string of the molecule is Cc1cnc(N(c2ccccc2)C(C)(C)C)nc1Nc1cccc(S(=O)(=O)N2CCOCC2)c1. The molecule has 1 fully saturated rings. The first-order valence-electron chi connectivity index (χ1n) is 11.3. The Balaban J connectivity index is 1.65. The number of nitrogens with one attached hydrogen (secondary N) is 1. The second-order valence-electron chi connectivity index (χ2n) is 9.21. The number of aromatic nitrogens is 2. The molecule has 1 N–H and O–H groups in total. The number of sulfonamides is 1. The molecule has 8 nitrogen and oxygen atoms in total. The van der Waals surface area contributed by atoms with Gasteiger partial charge >= 0.3 is 0 Å². The maximum absolute atomic E-state index is 13.1. The molecule has 0 aliphatic carbocycles. The number of benzene rings is 2. The molecule has 0 unspecified atom stereocenters. The third kappa shape index (κ3) is 5.22. The lowest BCUT2D eigenvalue weighted by atomic mass is 10.1. The van der Waals surface area contributed by atoms with Crippen LogP contribution in [0.15, 0.2) is 65.7 Å². The number of morpholine rings is 1. The molecule has 1 aliphatic heterocycles. The highest BCUT2D eigenvalue weighted by molar-refractivity contribution is 7.89. The van der Waals surface area contributed by atoms with Crippen LogP contribution in [0.2, 0.25) is 0 Å². The molecule has 9 heteroatoms. The van der Waals surface area contributed by atoms with Gasteiger partial charge in [0.25, 0.3) is 0 Å². The highest BCUT2D eigenvalue weighted by atomic mass is 32.2. The quantitative estimate of drug-likeness (QED) is 0.555. The second-order valence-corrected chi connectivity index (χ2v) is 11.2. The van der Waals surface area contributed by atoms with Crippen LogP contribution in [0.3, 0.4) is 0 Å². The summed E-state index contributed by atoms with van der Waals surface area (Å²) in [6, 6.07) is 16.8. The summed E-state index contributed by atoms with van der Waals surface area (Å²) in [5.74, 6) is 1.18. The minimum Gasteiger partial charge on any atom is -0.379 e. The van der Waals surface area contributed by atoms with E-state index in [1.54, 1.807) is 24.4 Å². The van der Waals surface area contributed by atoms with E-state index >= 15 is 0 Å². The zero-order valence-corrected chi connectivity index (χ0v) is 20.8. The monoisotopic (exact) mass is 481 g/mol. The van der Waals surface area contributed by atoms with Gasteiger partial charge in [-0.05, 0) is 58.0 Å². The smallest absolute Gasteiger partial charge is 0.243 e. The van der Waals surface area contributed by atoms with E-state index in [1.807, 2.05) is 43.3 Å². The first kappa shape index (κ1) is 24.1. The van der Waals surface area contributed by atoms with Crippen molar-refractivity contribution in [3.8, 4) is 0 Å². The Morgan fingerprint density at radius 1 is 1.03 bits per heavy atom. The van der Waals surface area contributed by atoms with Crippen molar-refractivity contribution in [3.05, 3.63) is 66.4 Å². The largest absolute Gasteiger partial charge is 0.379 e. The Kier molecular flexibility index (Phi) is 6.88. The summed E-state index contributed by atoms with van der Waals surface area (Å²) in [6.45, 7) is 9.78. The molecule has 1 aromatic heterocycles. The molecule has 3 aromatic rings. The van der Waals surface area contributed by atoms with Crippen LogP contribution in [0.5, 0.6) is 0 Å². The highest BCUT2D eigenvalue weighted by Crippen LogP contribution is 2.32. The number of ether oxygens (including phenoxy) is 1. The van der Waals surface area contributed by atoms with Crippen LogP contribution >= 0.6 is 0 Å². The molecule has 1 aliphatic rings. The molecule has 0 radical (unpaired) electrons. The fraction of sp³-hybridized carbons (Fsp3) is 0.360. The van der Waals surface area contributed by atoms with Crippen molar-refractivity contribution in [1.82, 2.24) is 14.3 Å². The standard InChI is InChI=1S/C25H31N5O3S/c1-19-18-26-24(30(25(2,3)4)21-10-6-5-7-11-21)28-23(19)27-20-9-8-12-22(17-20)34(31,32)29-13-15-33-16-14-29/h5-12,17-18H,13-16H2,1-4H3,(H,26,27,28). The van der Waals surface area contributed by atoms with Crippen LogP contribution in [0.25, 0.3) is 0 Å². The van der Waals surface area contributed by atoms with E-state index in [9.17, 15) is 8.42 Å². The summed E-state index contributed by atoms with van der Waals surface area (Å²) in [7, 11) is -3.59. The molecule has 4 rings (SSSR count). The Morgan fingerprint density at radius 3 is 2.41 bits per heavy atom. The summed E-state index contributed by atoms with van der Waals surface area (Å²) < 4.78 is 32.9. The van der Waals surface area contributed by atoms with Crippen molar-refractivity contribution >= 4 is 33.2 Å². The van der Waals surface area contributed by atoms with Gasteiger partial charge in [0.2, 0.25) is 16.0 Å². The Labute approximate surface area is 201 Å². The number of anilines is 4. The van der Waals surface area contributed by atoms with Crippen molar-refractivity contribution in [1.29, 1.82) is 0 Å². The Bertz CT molecular complexity index is 1240. The van der Waals surface area contributed by atoms with Crippen molar-refractivity contribution in [2.24, 2.45) is 0 Å². The molecule has 180 valence electrons. The van der Waals surface area contributed by atoms with E-state index < -0.39 is 10.0 Å². The Morgan fingerprint density at radius 2 is 1.74 bits per heavy atom. The number of hydrogen-bond donors (Lipinski definition) is 1. The zero-order chi connectivity index (χ0) is 24.3. The predicted octanol–water partition coefficient (Wildman–Crippen LogP) is 4.49. The zero-order valence-electron chi connectivity index (χ0n) is 20.0. The first-order chi connectivity index (χ1) is 16.2. The van der Waals surface area contributed by atoms with E-state index in [-0.39, 0.29) is 10.4 Å². The third-order valence-corrected chi connectivity index (χ3v) is 7.44. The topological polar surface area (TPSA) is 87.7 Å². The molecule has 1 saturated heterocycles. The highest BCUT2D eigenvalue weighted by Gasteiger charge is 2.28. The number of hydrogen-bond acceptors (Lipinski definition) is 7. The van der Waals surface area contributed by atoms with Crippen molar-refractivity contribution in [3.63, 3.8) is 0 Å². The van der Waals surface area contributed by atoms with E-state index in [0.717, 1.165) is 11.3 Å². The van der Waals surface area contributed by atoms with Gasteiger partial charge in [-0.3, -0.25) is 0 Å². The van der Waals surface area contributed by atoms with Gasteiger partial charge in [0.1, 0.15) is 5.82 Å². The van der Waals surface area contributed by atoms with Crippen LogP contribution in [0, 0.1) is 6.92 Å². The molecule has 2 heterocycles. The van der Waals surface area contributed by atoms with Crippen LogP contribution in [0.4, 0.5) is 23.1 Å². The van der Waals surface area contributed by atoms with Gasteiger partial charge < -0.3 is 15.0 Å². The maximum Gasteiger partial charge on any atom is 0.243 e. The lowest BCUT2D eigenvalue weighted by Gasteiger charge is -2.36. The normalized spacial score (nSPS) is 15.2. The van der Waals surface area contributed by atoms with E-state index in [4.69, 9.17) is 9.72 Å². The fourth-order valence-corrected chi connectivity index (χ4v) is 5.31. The van der Waals surface area contributed by atoms with Gasteiger partial charge in [0.15, 0.2) is 0 Å². The molecule has 0 saturated carbocycles. The second kappa shape index (κ2) is 9.69. The van der Waals surface area contributed by atoms with E-state index in [1.165, 1.54) is 4.31 Å². The van der Waals surface area contributed by atoms with Crippen LogP contribution in [0.1, 0.15) is 26.3 Å². The minimum absolute atomic E-state index is 0.243. The summed E-state index contributed by atoms with van der Waals surface area (Å²) in [5, 5.41) is 3.30. The number of para-hydroxylation sites is 1. The third-order valence-electron chi connectivity index (χ3n) is 5.55. The summed E-state index contributed by atoms with van der Waals surface area (Å²) in [5.41, 5.74) is 2.22. The lowest BCUT2D eigenvalue weighted by Crippen LogP contribution is -2.40. The summed E-state index contributed by atoms with van der Waals surface area (Å²) in [6.07, 6.45) is 1.78. The van der Waals surface area contributed by atoms with Gasteiger partial charge in [-0.2, -0.15) is 9.29 Å². The van der Waals surface area contributed by atoms with Gasteiger partial charge in [-0.15, -0.1) is 0 Å². The number of rotatable bonds is 6. The average molecular weight is 482 g/mol. The Hall–Kier alpha value is -3.01. The van der Waals surface area contributed by atoms with Gasteiger partial charge in [-0.25, -0.2) is 13.4 Å². The number of nitrogens with zero attached hydrogens (tertiary/aromatic N) is 4. The van der Waals surface area contributed by atoms with Gasteiger partial charge in [0, 0.05) is 41.8 Å². The summed E-state index contributed by atoms with van der Waals surface area (Å²) in [4.78, 5) is 11.7. The molecule has 0 atom stereocenters. The first-order valence-corrected chi connectivity index (χ1v) is 12.7. The summed E-state index contributed by atoms with van der Waals surface area (Å²) >= 11 is 0. The van der Waals surface area contributed by atoms with Crippen LogP contribution < -0.4 is 10.2 Å². The molecular formula is C25H31N5O3S. The van der Waals surface area contributed by atoms with Crippen LogP contribution in [-0.4, -0.2) is 54.5 Å². The predicted molar refractivity (Wildman–Crippen MR) is 134 cm³/mol. The van der Waals surface area contributed by atoms with Crippen molar-refractivity contribution in [2.45, 2.75) is 38.1 Å². The van der Waals surface area contributed by atoms with Gasteiger partial charge in [-0.1, -0.05) is 24.3 Å². The molecule has 34 heavy (non-hydrogen) atoms. The van der Waals surface area contributed by atoms with Gasteiger partial charge in [0.05, 0.1) is 18.1 Å². The molecular weight excluding hydrogens is 450 g/mol. The fourth-order valence-electron chi connectivity index (χ4n) is 3.85. The number of aryl methyl sites for hydroxylation is 1. The van der Waals surface area contributed by atoms with Crippen LogP contribution in [-0.2, 0) is 14.8 Å². The molecule has 2 aromatic carbocycles. The van der Waals surface area contributed by atoms with Crippen molar-refractivity contribution in [2.75, 3.05) is 36.5 Å². The molecule has 0 bridgehead atoms. The van der Waals surface area contributed by atoms with E-state index in [2.05, 4.69) is 36.0 Å². The van der Waals surface area contributed by atoms with Crippen molar-refractivity contribution < 1.29 is 13.2 Å². The molecule has 0 amide bonds. The molecule has 0 spiro atoms.